The molecule has 4 N–H and O–H groups in total. The normalized spacial score (nSPS) is 12.6. The Bertz CT molecular complexity index is 328. The van der Waals surface area contributed by atoms with Gasteiger partial charge in [0.05, 0.1) is 12.1 Å². The fourth-order valence-electron chi connectivity index (χ4n) is 1.28. The largest absolute Gasteiger partial charge is 0.495 e. The van der Waals surface area contributed by atoms with E-state index < -0.39 is 0 Å². The third-order valence-corrected chi connectivity index (χ3v) is 2.49. The SMILES string of the molecule is CCC(N)c1cc(OC)c(Cl)cc1N. The molecule has 0 heterocycles. The van der Waals surface area contributed by atoms with E-state index in [0.717, 1.165) is 12.0 Å². The molecule has 0 bridgehead atoms. The second-order valence-electron chi connectivity index (χ2n) is 3.13. The van der Waals surface area contributed by atoms with Gasteiger partial charge in [0.1, 0.15) is 5.75 Å². The van der Waals surface area contributed by atoms with E-state index in [1.807, 2.05) is 6.92 Å². The molecule has 1 aromatic rings. The lowest BCUT2D eigenvalue weighted by Gasteiger charge is -2.14. The van der Waals surface area contributed by atoms with Gasteiger partial charge in [-0.3, -0.25) is 0 Å². The number of rotatable bonds is 3. The van der Waals surface area contributed by atoms with E-state index in [0.29, 0.717) is 16.5 Å². The predicted octanol–water partition coefficient (Wildman–Crippen LogP) is 2.34. The van der Waals surface area contributed by atoms with E-state index in [2.05, 4.69) is 0 Å². The molecule has 78 valence electrons. The summed E-state index contributed by atoms with van der Waals surface area (Å²) in [6.45, 7) is 2.01. The fraction of sp³-hybridized carbons (Fsp3) is 0.400. The smallest absolute Gasteiger partial charge is 0.137 e. The molecule has 1 unspecified atom stereocenters. The number of hydrogen-bond donors (Lipinski definition) is 2. The van der Waals surface area contributed by atoms with Crippen molar-refractivity contribution in [3.8, 4) is 5.75 Å². The Labute approximate surface area is 89.0 Å². The van der Waals surface area contributed by atoms with Gasteiger partial charge in [0, 0.05) is 11.7 Å². The van der Waals surface area contributed by atoms with Gasteiger partial charge in [-0.05, 0) is 24.1 Å². The van der Waals surface area contributed by atoms with Gasteiger partial charge in [-0.1, -0.05) is 18.5 Å². The highest BCUT2D eigenvalue weighted by Gasteiger charge is 2.11. The molecule has 0 aliphatic rings. The topological polar surface area (TPSA) is 61.3 Å². The summed E-state index contributed by atoms with van der Waals surface area (Å²) in [7, 11) is 1.57. The monoisotopic (exact) mass is 214 g/mol. The maximum Gasteiger partial charge on any atom is 0.137 e. The van der Waals surface area contributed by atoms with Crippen molar-refractivity contribution in [2.24, 2.45) is 5.73 Å². The fourth-order valence-corrected chi connectivity index (χ4v) is 1.53. The first kappa shape index (κ1) is 11.1. The number of nitrogens with two attached hydrogens (primary N) is 2. The Balaban J connectivity index is 3.17. The average Bonchev–Trinajstić information content (AvgIpc) is 2.17. The molecule has 0 fully saturated rings. The molecule has 1 rings (SSSR count). The van der Waals surface area contributed by atoms with Crippen LogP contribution in [-0.4, -0.2) is 7.11 Å². The Morgan fingerprint density at radius 1 is 1.50 bits per heavy atom. The highest BCUT2D eigenvalue weighted by Crippen LogP contribution is 2.32. The molecule has 14 heavy (non-hydrogen) atoms. The number of anilines is 1. The molecule has 0 aliphatic heterocycles. The number of halogens is 1. The molecular formula is C10H15ClN2O. The Hall–Kier alpha value is -0.930. The van der Waals surface area contributed by atoms with E-state index in [4.69, 9.17) is 27.8 Å². The third-order valence-electron chi connectivity index (χ3n) is 2.20. The first-order valence-electron chi connectivity index (χ1n) is 4.48. The van der Waals surface area contributed by atoms with Crippen molar-refractivity contribution in [1.82, 2.24) is 0 Å². The van der Waals surface area contributed by atoms with Gasteiger partial charge in [0.15, 0.2) is 0 Å². The first-order chi connectivity index (χ1) is 6.60. The molecule has 0 radical (unpaired) electrons. The van der Waals surface area contributed by atoms with Crippen molar-refractivity contribution in [2.75, 3.05) is 12.8 Å². The maximum atomic E-state index is 5.90. The van der Waals surface area contributed by atoms with Crippen LogP contribution in [0.4, 0.5) is 5.69 Å². The molecule has 1 atom stereocenters. The Morgan fingerprint density at radius 2 is 2.14 bits per heavy atom. The summed E-state index contributed by atoms with van der Waals surface area (Å²) in [4.78, 5) is 0. The van der Waals surface area contributed by atoms with E-state index in [-0.39, 0.29) is 6.04 Å². The lowest BCUT2D eigenvalue weighted by molar-refractivity contribution is 0.414. The summed E-state index contributed by atoms with van der Waals surface area (Å²) >= 11 is 5.90. The second-order valence-corrected chi connectivity index (χ2v) is 3.54. The molecule has 0 saturated heterocycles. The van der Waals surface area contributed by atoms with Crippen LogP contribution in [0.15, 0.2) is 12.1 Å². The molecule has 1 aromatic carbocycles. The van der Waals surface area contributed by atoms with E-state index in [1.54, 1.807) is 19.2 Å². The van der Waals surface area contributed by atoms with Crippen LogP contribution in [0, 0.1) is 0 Å². The predicted molar refractivity (Wildman–Crippen MR) is 59.6 cm³/mol. The molecule has 0 aliphatic carbocycles. The van der Waals surface area contributed by atoms with Gasteiger partial charge in [-0.2, -0.15) is 0 Å². The molecule has 0 spiro atoms. The minimum Gasteiger partial charge on any atom is -0.495 e. The molecule has 0 saturated carbocycles. The summed E-state index contributed by atoms with van der Waals surface area (Å²) in [5.74, 6) is 0.611. The van der Waals surface area contributed by atoms with Crippen molar-refractivity contribution < 1.29 is 4.74 Å². The average molecular weight is 215 g/mol. The minimum atomic E-state index is -0.0684. The molecule has 4 heteroatoms. The number of ether oxygens (including phenoxy) is 1. The number of hydrogen-bond acceptors (Lipinski definition) is 3. The van der Waals surface area contributed by atoms with Crippen LogP contribution in [0.25, 0.3) is 0 Å². The standard InChI is InChI=1S/C10H15ClN2O/c1-3-8(12)6-4-10(14-2)7(11)5-9(6)13/h4-5,8H,3,12-13H2,1-2H3. The summed E-state index contributed by atoms with van der Waals surface area (Å²) in [5.41, 5.74) is 13.2. The highest BCUT2D eigenvalue weighted by molar-refractivity contribution is 6.32. The zero-order valence-corrected chi connectivity index (χ0v) is 9.14. The van der Waals surface area contributed by atoms with Gasteiger partial charge >= 0.3 is 0 Å². The van der Waals surface area contributed by atoms with Crippen molar-refractivity contribution in [1.29, 1.82) is 0 Å². The van der Waals surface area contributed by atoms with Gasteiger partial charge in [-0.25, -0.2) is 0 Å². The molecular weight excluding hydrogens is 200 g/mol. The number of nitrogen functional groups attached to an aromatic ring is 1. The highest BCUT2D eigenvalue weighted by atomic mass is 35.5. The second kappa shape index (κ2) is 4.53. The minimum absolute atomic E-state index is 0.0684. The number of methoxy groups -OCH3 is 1. The summed E-state index contributed by atoms with van der Waals surface area (Å²) < 4.78 is 5.09. The Morgan fingerprint density at radius 3 is 2.64 bits per heavy atom. The van der Waals surface area contributed by atoms with E-state index in [1.165, 1.54) is 0 Å². The van der Waals surface area contributed by atoms with Gasteiger partial charge in [0.25, 0.3) is 0 Å². The van der Waals surface area contributed by atoms with E-state index >= 15 is 0 Å². The van der Waals surface area contributed by atoms with Gasteiger partial charge < -0.3 is 16.2 Å². The summed E-state index contributed by atoms with van der Waals surface area (Å²) in [5, 5.41) is 0.511. The van der Waals surface area contributed by atoms with Gasteiger partial charge in [0.2, 0.25) is 0 Å². The van der Waals surface area contributed by atoms with Crippen molar-refractivity contribution >= 4 is 17.3 Å². The van der Waals surface area contributed by atoms with Crippen LogP contribution in [0.2, 0.25) is 5.02 Å². The van der Waals surface area contributed by atoms with E-state index in [9.17, 15) is 0 Å². The zero-order chi connectivity index (χ0) is 10.7. The molecule has 3 nitrogen and oxygen atoms in total. The van der Waals surface area contributed by atoms with Gasteiger partial charge in [-0.15, -0.1) is 0 Å². The van der Waals surface area contributed by atoms with Crippen LogP contribution in [-0.2, 0) is 0 Å². The van der Waals surface area contributed by atoms with Crippen molar-refractivity contribution in [3.63, 3.8) is 0 Å². The molecule has 0 amide bonds. The third kappa shape index (κ3) is 2.11. The van der Waals surface area contributed by atoms with Crippen LogP contribution >= 0.6 is 11.6 Å². The molecule has 0 aromatic heterocycles. The van der Waals surface area contributed by atoms with Crippen LogP contribution in [0.1, 0.15) is 24.9 Å². The Kier molecular flexibility index (Phi) is 3.61. The lowest BCUT2D eigenvalue weighted by atomic mass is 10.0. The first-order valence-corrected chi connectivity index (χ1v) is 4.86. The summed E-state index contributed by atoms with van der Waals surface area (Å²) in [6.07, 6.45) is 0.828. The van der Waals surface area contributed by atoms with Crippen LogP contribution in [0.5, 0.6) is 5.75 Å². The van der Waals surface area contributed by atoms with Crippen LogP contribution in [0.3, 0.4) is 0 Å². The summed E-state index contributed by atoms with van der Waals surface area (Å²) in [6, 6.07) is 3.40. The lowest BCUT2D eigenvalue weighted by Crippen LogP contribution is -2.11. The van der Waals surface area contributed by atoms with Crippen molar-refractivity contribution in [2.45, 2.75) is 19.4 Å². The maximum absolute atomic E-state index is 5.90. The quantitative estimate of drug-likeness (QED) is 0.760. The van der Waals surface area contributed by atoms with Crippen molar-refractivity contribution in [3.05, 3.63) is 22.7 Å². The number of benzene rings is 1. The zero-order valence-electron chi connectivity index (χ0n) is 8.38. The van der Waals surface area contributed by atoms with Crippen LogP contribution < -0.4 is 16.2 Å².